The van der Waals surface area contributed by atoms with Crippen LogP contribution >= 0.6 is 11.8 Å². The zero-order chi connectivity index (χ0) is 14.1. The minimum absolute atomic E-state index is 0.0260. The van der Waals surface area contributed by atoms with Crippen LogP contribution in [0.25, 0.3) is 10.9 Å². The number of thioether (sulfide) groups is 1. The summed E-state index contributed by atoms with van der Waals surface area (Å²) < 4.78 is 1.60. The number of hydrogen-bond acceptors (Lipinski definition) is 4. The normalized spacial score (nSPS) is 15.6. The molecular formula is C14H15N3O2S. The molecule has 0 saturated carbocycles. The number of aryl methyl sites for hydroxylation is 1. The van der Waals surface area contributed by atoms with E-state index in [1.54, 1.807) is 28.8 Å². The smallest absolute Gasteiger partial charge is 0.278 e. The first-order valence-electron chi connectivity index (χ1n) is 6.51. The molecule has 0 radical (unpaired) electrons. The van der Waals surface area contributed by atoms with Crippen molar-refractivity contribution in [2.75, 3.05) is 24.6 Å². The molecule has 20 heavy (non-hydrogen) atoms. The molecule has 2 heterocycles. The van der Waals surface area contributed by atoms with E-state index in [9.17, 15) is 9.59 Å². The minimum atomic E-state index is -0.276. The zero-order valence-corrected chi connectivity index (χ0v) is 12.0. The fourth-order valence-electron chi connectivity index (χ4n) is 2.38. The van der Waals surface area contributed by atoms with E-state index in [4.69, 9.17) is 0 Å². The lowest BCUT2D eigenvalue weighted by molar-refractivity contribution is 0.0763. The fourth-order valence-corrected chi connectivity index (χ4v) is 3.28. The predicted octanol–water partition coefficient (Wildman–Crippen LogP) is 1.12. The summed E-state index contributed by atoms with van der Waals surface area (Å²) in [6.45, 7) is 1.36. The van der Waals surface area contributed by atoms with Gasteiger partial charge in [0, 0.05) is 37.0 Å². The van der Waals surface area contributed by atoms with Gasteiger partial charge in [-0.15, -0.1) is 0 Å². The molecule has 2 aromatic rings. The highest BCUT2D eigenvalue weighted by Crippen LogP contribution is 2.13. The summed E-state index contributed by atoms with van der Waals surface area (Å²) in [5.74, 6) is 1.58. The maximum atomic E-state index is 12.5. The number of rotatable bonds is 1. The van der Waals surface area contributed by atoms with Crippen molar-refractivity contribution in [2.24, 2.45) is 7.05 Å². The SMILES string of the molecule is Cn1nc(C(=O)N2CCSCC2)c(=O)c2ccccc21. The molecule has 1 amide bonds. The number of para-hydroxylation sites is 1. The van der Waals surface area contributed by atoms with Gasteiger partial charge in [0.1, 0.15) is 0 Å². The topological polar surface area (TPSA) is 55.2 Å². The van der Waals surface area contributed by atoms with E-state index in [-0.39, 0.29) is 17.0 Å². The van der Waals surface area contributed by atoms with Crippen molar-refractivity contribution in [1.29, 1.82) is 0 Å². The van der Waals surface area contributed by atoms with Gasteiger partial charge in [0.15, 0.2) is 5.69 Å². The maximum Gasteiger partial charge on any atom is 0.278 e. The highest BCUT2D eigenvalue weighted by molar-refractivity contribution is 7.99. The summed E-state index contributed by atoms with van der Waals surface area (Å²) in [4.78, 5) is 26.6. The molecular weight excluding hydrogens is 274 g/mol. The largest absolute Gasteiger partial charge is 0.335 e. The number of fused-ring (bicyclic) bond motifs is 1. The molecule has 1 saturated heterocycles. The van der Waals surface area contributed by atoms with Crippen LogP contribution in [0, 0.1) is 0 Å². The first-order valence-corrected chi connectivity index (χ1v) is 7.67. The number of hydrogen-bond donors (Lipinski definition) is 0. The third-order valence-electron chi connectivity index (χ3n) is 3.46. The molecule has 1 aliphatic rings. The average Bonchev–Trinajstić information content (AvgIpc) is 2.51. The van der Waals surface area contributed by atoms with E-state index in [2.05, 4.69) is 5.10 Å². The van der Waals surface area contributed by atoms with Gasteiger partial charge in [0.05, 0.1) is 5.52 Å². The van der Waals surface area contributed by atoms with Crippen molar-refractivity contribution < 1.29 is 4.79 Å². The summed E-state index contributed by atoms with van der Waals surface area (Å²) in [5, 5.41) is 4.72. The average molecular weight is 289 g/mol. The second-order valence-electron chi connectivity index (χ2n) is 4.72. The number of benzene rings is 1. The lowest BCUT2D eigenvalue weighted by atomic mass is 10.2. The number of nitrogens with zero attached hydrogens (tertiary/aromatic N) is 3. The van der Waals surface area contributed by atoms with E-state index in [0.717, 1.165) is 17.0 Å². The van der Waals surface area contributed by atoms with Crippen LogP contribution in [0.1, 0.15) is 10.5 Å². The van der Waals surface area contributed by atoms with Crippen molar-refractivity contribution in [3.63, 3.8) is 0 Å². The van der Waals surface area contributed by atoms with Crippen LogP contribution < -0.4 is 5.43 Å². The molecule has 6 heteroatoms. The third kappa shape index (κ3) is 2.20. The molecule has 5 nitrogen and oxygen atoms in total. The molecule has 1 aliphatic heterocycles. The highest BCUT2D eigenvalue weighted by atomic mass is 32.2. The van der Waals surface area contributed by atoms with Gasteiger partial charge in [-0.3, -0.25) is 14.3 Å². The molecule has 0 bridgehead atoms. The van der Waals surface area contributed by atoms with E-state index in [0.29, 0.717) is 18.5 Å². The Kier molecular flexibility index (Phi) is 3.48. The van der Waals surface area contributed by atoms with Gasteiger partial charge in [-0.2, -0.15) is 16.9 Å². The summed E-state index contributed by atoms with van der Waals surface area (Å²) in [5.41, 5.74) is 0.489. The van der Waals surface area contributed by atoms with Gasteiger partial charge in [0.25, 0.3) is 5.91 Å². The Morgan fingerprint density at radius 2 is 1.95 bits per heavy atom. The molecule has 1 aromatic heterocycles. The van der Waals surface area contributed by atoms with Crippen LogP contribution in [0.5, 0.6) is 0 Å². The minimum Gasteiger partial charge on any atom is -0.335 e. The van der Waals surface area contributed by atoms with Gasteiger partial charge in [0.2, 0.25) is 5.43 Å². The Morgan fingerprint density at radius 1 is 1.25 bits per heavy atom. The second-order valence-corrected chi connectivity index (χ2v) is 5.95. The van der Waals surface area contributed by atoms with Gasteiger partial charge in [-0.25, -0.2) is 0 Å². The first-order chi connectivity index (χ1) is 9.68. The lowest BCUT2D eigenvalue weighted by Gasteiger charge is -2.25. The van der Waals surface area contributed by atoms with Gasteiger partial charge in [-0.05, 0) is 12.1 Å². The molecule has 3 rings (SSSR count). The lowest BCUT2D eigenvalue weighted by Crippen LogP contribution is -2.41. The second kappa shape index (κ2) is 5.28. The van der Waals surface area contributed by atoms with Gasteiger partial charge < -0.3 is 4.90 Å². The summed E-state index contributed by atoms with van der Waals surface area (Å²) in [6, 6.07) is 7.22. The van der Waals surface area contributed by atoms with Gasteiger partial charge >= 0.3 is 0 Å². The molecule has 0 N–H and O–H groups in total. The molecule has 0 unspecified atom stereocenters. The van der Waals surface area contributed by atoms with Crippen molar-refractivity contribution in [3.05, 3.63) is 40.2 Å². The van der Waals surface area contributed by atoms with Crippen molar-refractivity contribution in [3.8, 4) is 0 Å². The van der Waals surface area contributed by atoms with E-state index < -0.39 is 0 Å². The van der Waals surface area contributed by atoms with Crippen LogP contribution in [0.2, 0.25) is 0 Å². The fraction of sp³-hybridized carbons (Fsp3) is 0.357. The molecule has 1 aromatic carbocycles. The van der Waals surface area contributed by atoms with Crippen LogP contribution in [0.15, 0.2) is 29.1 Å². The Labute approximate surface area is 120 Å². The standard InChI is InChI=1S/C14H15N3O2S/c1-16-11-5-3-2-4-10(11)13(18)12(15-16)14(19)17-6-8-20-9-7-17/h2-5H,6-9H2,1H3. The Bertz CT molecular complexity index is 720. The van der Waals surface area contributed by atoms with Gasteiger partial charge in [-0.1, -0.05) is 12.1 Å². The van der Waals surface area contributed by atoms with Crippen molar-refractivity contribution in [2.45, 2.75) is 0 Å². The molecule has 0 aliphatic carbocycles. The van der Waals surface area contributed by atoms with Crippen LogP contribution in [0.4, 0.5) is 0 Å². The number of carbonyl (C=O) groups is 1. The van der Waals surface area contributed by atoms with E-state index in [1.165, 1.54) is 0 Å². The van der Waals surface area contributed by atoms with Crippen LogP contribution in [0.3, 0.4) is 0 Å². The van der Waals surface area contributed by atoms with Crippen molar-refractivity contribution >= 4 is 28.6 Å². The molecule has 104 valence electrons. The monoisotopic (exact) mass is 289 g/mol. The van der Waals surface area contributed by atoms with Crippen LogP contribution in [-0.2, 0) is 7.05 Å². The first kappa shape index (κ1) is 13.2. The summed E-state index contributed by atoms with van der Waals surface area (Å²) >= 11 is 1.82. The van der Waals surface area contributed by atoms with Crippen LogP contribution in [-0.4, -0.2) is 45.2 Å². The van der Waals surface area contributed by atoms with Crippen molar-refractivity contribution in [1.82, 2.24) is 14.7 Å². The third-order valence-corrected chi connectivity index (χ3v) is 4.41. The Balaban J connectivity index is 2.10. The molecule has 1 fully saturated rings. The Hall–Kier alpha value is -1.82. The molecule has 0 atom stereocenters. The Morgan fingerprint density at radius 3 is 2.70 bits per heavy atom. The quantitative estimate of drug-likeness (QED) is 0.789. The number of amides is 1. The molecule has 0 spiro atoms. The maximum absolute atomic E-state index is 12.5. The summed E-state index contributed by atoms with van der Waals surface area (Å²) in [6.07, 6.45) is 0. The highest BCUT2D eigenvalue weighted by Gasteiger charge is 2.23. The van der Waals surface area contributed by atoms with E-state index >= 15 is 0 Å². The number of carbonyl (C=O) groups excluding carboxylic acids is 1. The van der Waals surface area contributed by atoms with E-state index in [1.807, 2.05) is 23.9 Å². The number of aromatic nitrogens is 2. The zero-order valence-electron chi connectivity index (χ0n) is 11.2. The predicted molar refractivity (Wildman–Crippen MR) is 80.2 cm³/mol. The summed E-state index contributed by atoms with van der Waals surface area (Å²) in [7, 11) is 1.75.